The number of rotatable bonds is 4. The Morgan fingerprint density at radius 2 is 2.08 bits per heavy atom. The summed E-state index contributed by atoms with van der Waals surface area (Å²) in [6, 6.07) is 5.76. The first-order valence-electron chi connectivity index (χ1n) is 8.41. The molecule has 1 saturated heterocycles. The lowest BCUT2D eigenvalue weighted by Gasteiger charge is -2.37. The van der Waals surface area contributed by atoms with E-state index in [1.54, 1.807) is 6.07 Å². The van der Waals surface area contributed by atoms with Gasteiger partial charge in [0.25, 0.3) is 0 Å². The van der Waals surface area contributed by atoms with Crippen molar-refractivity contribution >= 4 is 29.3 Å². The highest BCUT2D eigenvalue weighted by Crippen LogP contribution is 2.25. The summed E-state index contributed by atoms with van der Waals surface area (Å²) in [6.07, 6.45) is 2.91. The molecule has 24 heavy (non-hydrogen) atoms. The first-order valence-corrected chi connectivity index (χ1v) is 9.17. The summed E-state index contributed by atoms with van der Waals surface area (Å²) < 4.78 is 5.53. The maximum Gasteiger partial charge on any atom is 0.410 e. The van der Waals surface area contributed by atoms with Crippen LogP contribution in [0.3, 0.4) is 0 Å². The molecule has 0 saturated carbocycles. The summed E-state index contributed by atoms with van der Waals surface area (Å²) in [5.41, 5.74) is 0.490. The lowest BCUT2D eigenvalue weighted by molar-refractivity contribution is 0.00993. The zero-order valence-electron chi connectivity index (χ0n) is 14.6. The molecule has 1 aromatic rings. The van der Waals surface area contributed by atoms with Crippen molar-refractivity contribution in [2.24, 2.45) is 0 Å². The normalized spacial score (nSPS) is 18.5. The predicted molar refractivity (Wildman–Crippen MR) is 98.7 cm³/mol. The number of carbonyl (C=O) groups excluding carboxylic acids is 1. The van der Waals surface area contributed by atoms with E-state index in [0.29, 0.717) is 23.1 Å². The van der Waals surface area contributed by atoms with Gasteiger partial charge < -0.3 is 15.0 Å². The Balaban J connectivity index is 1.91. The molecule has 1 N–H and O–H groups in total. The van der Waals surface area contributed by atoms with Crippen LogP contribution in [0.2, 0.25) is 10.0 Å². The van der Waals surface area contributed by atoms with E-state index in [2.05, 4.69) is 5.32 Å². The van der Waals surface area contributed by atoms with Crippen LogP contribution in [0.5, 0.6) is 0 Å². The number of hydrogen-bond donors (Lipinski definition) is 1. The SMILES string of the molecule is CC(C)(C)OC(=O)N1CCCCC1CNCc1cccc(Cl)c1Cl. The van der Waals surface area contributed by atoms with Crippen molar-refractivity contribution < 1.29 is 9.53 Å². The number of carbonyl (C=O) groups is 1. The van der Waals surface area contributed by atoms with E-state index in [4.69, 9.17) is 27.9 Å². The molecular formula is C18H26Cl2N2O2. The first kappa shape index (κ1) is 19.4. The Labute approximate surface area is 154 Å². The number of nitrogens with one attached hydrogen (secondary N) is 1. The summed E-state index contributed by atoms with van der Waals surface area (Å²) in [6.45, 7) is 7.76. The highest BCUT2D eigenvalue weighted by Gasteiger charge is 2.30. The Bertz CT molecular complexity index is 573. The minimum absolute atomic E-state index is 0.145. The van der Waals surface area contributed by atoms with Gasteiger partial charge >= 0.3 is 6.09 Å². The van der Waals surface area contributed by atoms with Crippen LogP contribution >= 0.6 is 23.2 Å². The Kier molecular flexibility index (Phi) is 6.79. The minimum Gasteiger partial charge on any atom is -0.444 e. The number of likely N-dealkylation sites (tertiary alicyclic amines) is 1. The fourth-order valence-corrected chi connectivity index (χ4v) is 3.22. The van der Waals surface area contributed by atoms with Gasteiger partial charge in [-0.15, -0.1) is 0 Å². The monoisotopic (exact) mass is 372 g/mol. The number of halogens is 2. The number of amides is 1. The molecule has 0 aliphatic carbocycles. The number of piperidine rings is 1. The first-order chi connectivity index (χ1) is 11.3. The number of benzene rings is 1. The Morgan fingerprint density at radius 1 is 1.33 bits per heavy atom. The second-order valence-corrected chi connectivity index (χ2v) is 7.95. The lowest BCUT2D eigenvalue weighted by Crippen LogP contribution is -2.50. The van der Waals surface area contributed by atoms with Gasteiger partial charge in [0.05, 0.1) is 10.0 Å². The predicted octanol–water partition coefficient (Wildman–Crippen LogP) is 4.87. The molecule has 1 aliphatic heterocycles. The molecule has 0 bridgehead atoms. The molecule has 1 fully saturated rings. The van der Waals surface area contributed by atoms with Crippen LogP contribution in [0.15, 0.2) is 18.2 Å². The van der Waals surface area contributed by atoms with Crippen molar-refractivity contribution in [3.05, 3.63) is 33.8 Å². The highest BCUT2D eigenvalue weighted by molar-refractivity contribution is 6.42. The third kappa shape index (κ3) is 5.54. The van der Waals surface area contributed by atoms with Gasteiger partial charge in [0, 0.05) is 25.7 Å². The van der Waals surface area contributed by atoms with Crippen molar-refractivity contribution in [1.29, 1.82) is 0 Å². The molecule has 1 atom stereocenters. The molecule has 1 amide bonds. The fraction of sp³-hybridized carbons (Fsp3) is 0.611. The molecule has 0 aromatic heterocycles. The van der Waals surface area contributed by atoms with Gasteiger partial charge in [-0.3, -0.25) is 0 Å². The van der Waals surface area contributed by atoms with E-state index in [1.165, 1.54) is 0 Å². The van der Waals surface area contributed by atoms with Crippen molar-refractivity contribution in [3.8, 4) is 0 Å². The van der Waals surface area contributed by atoms with Crippen LogP contribution in [-0.4, -0.2) is 35.7 Å². The lowest BCUT2D eigenvalue weighted by atomic mass is 10.0. The molecule has 6 heteroatoms. The van der Waals surface area contributed by atoms with E-state index >= 15 is 0 Å². The van der Waals surface area contributed by atoms with E-state index in [-0.39, 0.29) is 12.1 Å². The summed E-state index contributed by atoms with van der Waals surface area (Å²) in [4.78, 5) is 14.2. The van der Waals surface area contributed by atoms with Gasteiger partial charge in [0.15, 0.2) is 0 Å². The quantitative estimate of drug-likeness (QED) is 0.819. The van der Waals surface area contributed by atoms with Crippen LogP contribution in [0, 0.1) is 0 Å². The average Bonchev–Trinajstić information content (AvgIpc) is 2.50. The molecule has 1 aromatic carbocycles. The zero-order valence-corrected chi connectivity index (χ0v) is 16.1. The summed E-state index contributed by atoms with van der Waals surface area (Å²) >= 11 is 12.2. The molecule has 2 rings (SSSR count). The van der Waals surface area contributed by atoms with E-state index < -0.39 is 5.60 Å². The molecule has 1 unspecified atom stereocenters. The maximum absolute atomic E-state index is 12.4. The van der Waals surface area contributed by atoms with Crippen LogP contribution in [0.1, 0.15) is 45.6 Å². The van der Waals surface area contributed by atoms with Crippen LogP contribution in [-0.2, 0) is 11.3 Å². The number of ether oxygens (including phenoxy) is 1. The third-order valence-corrected chi connectivity index (χ3v) is 4.84. The van der Waals surface area contributed by atoms with Gasteiger partial charge in [0.1, 0.15) is 5.60 Å². The molecule has 1 aliphatic rings. The fourth-order valence-electron chi connectivity index (χ4n) is 2.83. The molecule has 134 valence electrons. The smallest absolute Gasteiger partial charge is 0.410 e. The van der Waals surface area contributed by atoms with Crippen LogP contribution in [0.4, 0.5) is 4.79 Å². The van der Waals surface area contributed by atoms with Crippen molar-refractivity contribution in [3.63, 3.8) is 0 Å². The second kappa shape index (κ2) is 8.41. The highest BCUT2D eigenvalue weighted by atomic mass is 35.5. The largest absolute Gasteiger partial charge is 0.444 e. The van der Waals surface area contributed by atoms with Gasteiger partial charge in [-0.1, -0.05) is 35.3 Å². The maximum atomic E-state index is 12.4. The number of hydrogen-bond acceptors (Lipinski definition) is 3. The molecule has 0 spiro atoms. The van der Waals surface area contributed by atoms with E-state index in [9.17, 15) is 4.79 Å². The molecule has 0 radical (unpaired) electrons. The van der Waals surface area contributed by atoms with Crippen molar-refractivity contribution in [2.45, 2.75) is 58.2 Å². The summed E-state index contributed by atoms with van der Waals surface area (Å²) in [5, 5.41) is 4.54. The minimum atomic E-state index is -0.471. The van der Waals surface area contributed by atoms with Crippen molar-refractivity contribution in [1.82, 2.24) is 10.2 Å². The standard InChI is InChI=1S/C18H26Cl2N2O2/c1-18(2,3)24-17(23)22-10-5-4-8-14(22)12-21-11-13-7-6-9-15(19)16(13)20/h6-7,9,14,21H,4-5,8,10-12H2,1-3H3. The summed E-state index contributed by atoms with van der Waals surface area (Å²) in [5.74, 6) is 0. The second-order valence-electron chi connectivity index (χ2n) is 7.17. The van der Waals surface area contributed by atoms with Crippen LogP contribution in [0.25, 0.3) is 0 Å². The summed E-state index contributed by atoms with van der Waals surface area (Å²) in [7, 11) is 0. The Morgan fingerprint density at radius 3 is 2.79 bits per heavy atom. The molecule has 1 heterocycles. The van der Waals surface area contributed by atoms with E-state index in [0.717, 1.165) is 31.4 Å². The number of nitrogens with zero attached hydrogens (tertiary/aromatic N) is 1. The van der Waals surface area contributed by atoms with Gasteiger partial charge in [-0.2, -0.15) is 0 Å². The molecule has 4 nitrogen and oxygen atoms in total. The van der Waals surface area contributed by atoms with E-state index in [1.807, 2.05) is 37.8 Å². The van der Waals surface area contributed by atoms with Gasteiger partial charge in [-0.05, 0) is 51.7 Å². The Hall–Kier alpha value is -0.970. The topological polar surface area (TPSA) is 41.6 Å². The third-order valence-electron chi connectivity index (χ3n) is 3.98. The molecular weight excluding hydrogens is 347 g/mol. The average molecular weight is 373 g/mol. The van der Waals surface area contributed by atoms with Crippen LogP contribution < -0.4 is 5.32 Å². The van der Waals surface area contributed by atoms with Gasteiger partial charge in [0.2, 0.25) is 0 Å². The van der Waals surface area contributed by atoms with Crippen molar-refractivity contribution in [2.75, 3.05) is 13.1 Å². The van der Waals surface area contributed by atoms with Gasteiger partial charge in [-0.25, -0.2) is 4.79 Å². The zero-order chi connectivity index (χ0) is 17.7.